The Bertz CT molecular complexity index is 1320. The zero-order valence-corrected chi connectivity index (χ0v) is 18.4. The Morgan fingerprint density at radius 2 is 1.55 bits per heavy atom. The van der Waals surface area contributed by atoms with Gasteiger partial charge in [-0.1, -0.05) is 66.7 Å². The van der Waals surface area contributed by atoms with Gasteiger partial charge in [0.25, 0.3) is 0 Å². The van der Waals surface area contributed by atoms with E-state index in [0.717, 1.165) is 28.3 Å². The summed E-state index contributed by atoms with van der Waals surface area (Å²) in [5, 5.41) is 3.31. The first-order chi connectivity index (χ1) is 15.2. The van der Waals surface area contributed by atoms with Crippen LogP contribution in [0.2, 0.25) is 0 Å². The molecule has 0 N–H and O–H groups in total. The third-order valence-electron chi connectivity index (χ3n) is 5.54. The molecule has 0 amide bonds. The van der Waals surface area contributed by atoms with Gasteiger partial charge in [0.1, 0.15) is 17.0 Å². The Morgan fingerprint density at radius 3 is 2.29 bits per heavy atom. The van der Waals surface area contributed by atoms with Crippen LogP contribution in [-0.2, 0) is 0 Å². The number of benzene rings is 3. The van der Waals surface area contributed by atoms with Gasteiger partial charge in [-0.05, 0) is 48.2 Å². The van der Waals surface area contributed by atoms with Crippen LogP contribution in [0.3, 0.4) is 0 Å². The van der Waals surface area contributed by atoms with E-state index in [0.29, 0.717) is 0 Å². The third kappa shape index (κ3) is 3.71. The van der Waals surface area contributed by atoms with E-state index >= 15 is 0 Å². The van der Waals surface area contributed by atoms with Crippen LogP contribution >= 0.6 is 11.3 Å². The summed E-state index contributed by atoms with van der Waals surface area (Å²) in [6, 6.07) is 27.8. The number of anilines is 2. The number of nitrogens with zero attached hydrogens (tertiary/aromatic N) is 3. The molecule has 4 heteroatoms. The summed E-state index contributed by atoms with van der Waals surface area (Å²) < 4.78 is 0. The van der Waals surface area contributed by atoms with E-state index in [1.165, 1.54) is 27.8 Å². The van der Waals surface area contributed by atoms with Crippen molar-refractivity contribution in [3.8, 4) is 22.3 Å². The maximum absolute atomic E-state index is 4.73. The SMILES string of the molecule is CCN(c1cccc(C)c1)c1ncnc2scc(-c3ccc(-c4ccccc4)cc3)c12. The van der Waals surface area contributed by atoms with Gasteiger partial charge in [-0.15, -0.1) is 11.3 Å². The topological polar surface area (TPSA) is 29.0 Å². The van der Waals surface area contributed by atoms with Gasteiger partial charge in [-0.2, -0.15) is 0 Å². The second-order valence-corrected chi connectivity index (χ2v) is 8.41. The van der Waals surface area contributed by atoms with Crippen LogP contribution < -0.4 is 4.90 Å². The van der Waals surface area contributed by atoms with Crippen molar-refractivity contribution in [1.82, 2.24) is 9.97 Å². The minimum atomic E-state index is 0.831. The first-order valence-corrected chi connectivity index (χ1v) is 11.3. The van der Waals surface area contributed by atoms with E-state index in [4.69, 9.17) is 4.98 Å². The van der Waals surface area contributed by atoms with Crippen molar-refractivity contribution in [2.45, 2.75) is 13.8 Å². The van der Waals surface area contributed by atoms with Crippen LogP contribution in [0, 0.1) is 6.92 Å². The van der Waals surface area contributed by atoms with Crippen LogP contribution in [0.25, 0.3) is 32.5 Å². The van der Waals surface area contributed by atoms with E-state index in [-0.39, 0.29) is 0 Å². The van der Waals surface area contributed by atoms with Crippen LogP contribution in [0.4, 0.5) is 11.5 Å². The fraction of sp³-hybridized carbons (Fsp3) is 0.111. The zero-order chi connectivity index (χ0) is 21.2. The van der Waals surface area contributed by atoms with Crippen molar-refractivity contribution in [3.05, 3.63) is 96.1 Å². The van der Waals surface area contributed by atoms with Crippen molar-refractivity contribution in [3.63, 3.8) is 0 Å². The predicted octanol–water partition coefficient (Wildman–Crippen LogP) is 7.49. The second-order valence-electron chi connectivity index (χ2n) is 7.55. The molecule has 5 rings (SSSR count). The maximum atomic E-state index is 4.73. The third-order valence-corrected chi connectivity index (χ3v) is 6.42. The van der Waals surface area contributed by atoms with Crippen molar-refractivity contribution in [1.29, 1.82) is 0 Å². The van der Waals surface area contributed by atoms with E-state index in [1.807, 2.05) is 6.07 Å². The zero-order valence-electron chi connectivity index (χ0n) is 17.6. The molecular weight excluding hydrogens is 398 g/mol. The van der Waals surface area contributed by atoms with Gasteiger partial charge in [0.15, 0.2) is 0 Å². The second kappa shape index (κ2) is 8.32. The lowest BCUT2D eigenvalue weighted by atomic mass is 10.0. The van der Waals surface area contributed by atoms with Crippen molar-refractivity contribution in [2.75, 3.05) is 11.4 Å². The van der Waals surface area contributed by atoms with Crippen LogP contribution in [0.5, 0.6) is 0 Å². The molecule has 0 fully saturated rings. The summed E-state index contributed by atoms with van der Waals surface area (Å²) in [6.07, 6.45) is 1.68. The molecule has 0 aliphatic rings. The smallest absolute Gasteiger partial charge is 0.145 e. The fourth-order valence-electron chi connectivity index (χ4n) is 4.00. The van der Waals surface area contributed by atoms with Crippen LogP contribution in [0.15, 0.2) is 90.6 Å². The Kier molecular flexibility index (Phi) is 5.23. The normalized spacial score (nSPS) is 11.0. The summed E-state index contributed by atoms with van der Waals surface area (Å²) >= 11 is 1.67. The largest absolute Gasteiger partial charge is 0.326 e. The summed E-state index contributed by atoms with van der Waals surface area (Å²) in [5.41, 5.74) is 7.20. The lowest BCUT2D eigenvalue weighted by Gasteiger charge is -2.23. The lowest BCUT2D eigenvalue weighted by Crippen LogP contribution is -2.18. The Balaban J connectivity index is 1.61. The molecule has 0 radical (unpaired) electrons. The molecule has 2 aromatic heterocycles. The molecule has 0 unspecified atom stereocenters. The maximum Gasteiger partial charge on any atom is 0.145 e. The number of hydrogen-bond donors (Lipinski definition) is 0. The standard InChI is InChI=1S/C27H23N3S/c1-3-30(23-11-7-8-19(2)16-23)26-25-24(17-31-27(25)29-18-28-26)22-14-12-21(13-15-22)20-9-5-4-6-10-20/h4-18H,3H2,1-2H3. The molecule has 3 aromatic carbocycles. The molecule has 3 nitrogen and oxygen atoms in total. The average Bonchev–Trinajstić information content (AvgIpc) is 3.25. The van der Waals surface area contributed by atoms with Crippen LogP contribution in [-0.4, -0.2) is 16.5 Å². The first kappa shape index (κ1) is 19.5. The lowest BCUT2D eigenvalue weighted by molar-refractivity contribution is 0.990. The van der Waals surface area contributed by atoms with Gasteiger partial charge >= 0.3 is 0 Å². The number of rotatable bonds is 5. The number of thiophene rings is 1. The average molecular weight is 422 g/mol. The molecule has 0 aliphatic carbocycles. The number of aromatic nitrogens is 2. The summed E-state index contributed by atoms with van der Waals surface area (Å²) in [7, 11) is 0. The Hall–Kier alpha value is -3.50. The highest BCUT2D eigenvalue weighted by Crippen LogP contribution is 2.40. The summed E-state index contributed by atoms with van der Waals surface area (Å²) in [6.45, 7) is 5.12. The number of hydrogen-bond acceptors (Lipinski definition) is 4. The predicted molar refractivity (Wildman–Crippen MR) is 132 cm³/mol. The monoisotopic (exact) mass is 421 g/mol. The molecule has 2 heterocycles. The highest BCUT2D eigenvalue weighted by atomic mass is 32.1. The summed E-state index contributed by atoms with van der Waals surface area (Å²) in [4.78, 5) is 12.6. The molecule has 0 atom stereocenters. The van der Waals surface area contributed by atoms with Gasteiger partial charge in [-0.25, -0.2) is 9.97 Å². The molecule has 0 saturated heterocycles. The molecule has 0 aliphatic heterocycles. The van der Waals surface area contributed by atoms with E-state index in [1.54, 1.807) is 17.7 Å². The van der Waals surface area contributed by atoms with Gasteiger partial charge in [0, 0.05) is 23.2 Å². The fourth-order valence-corrected chi connectivity index (χ4v) is 4.91. The first-order valence-electron chi connectivity index (χ1n) is 10.5. The van der Waals surface area contributed by atoms with Gasteiger partial charge in [0.05, 0.1) is 5.39 Å². The van der Waals surface area contributed by atoms with Crippen LogP contribution in [0.1, 0.15) is 12.5 Å². The highest BCUT2D eigenvalue weighted by Gasteiger charge is 2.18. The minimum absolute atomic E-state index is 0.831. The molecule has 5 aromatic rings. The van der Waals surface area contributed by atoms with Gasteiger partial charge in [-0.3, -0.25) is 0 Å². The van der Waals surface area contributed by atoms with Gasteiger partial charge < -0.3 is 4.90 Å². The molecule has 152 valence electrons. The number of aryl methyl sites for hydroxylation is 1. The highest BCUT2D eigenvalue weighted by molar-refractivity contribution is 7.17. The van der Waals surface area contributed by atoms with Crippen molar-refractivity contribution in [2.24, 2.45) is 0 Å². The van der Waals surface area contributed by atoms with E-state index < -0.39 is 0 Å². The Labute approximate surface area is 186 Å². The van der Waals surface area contributed by atoms with E-state index in [2.05, 4.69) is 102 Å². The molecule has 31 heavy (non-hydrogen) atoms. The minimum Gasteiger partial charge on any atom is -0.326 e. The molecule has 0 saturated carbocycles. The Morgan fingerprint density at radius 1 is 0.806 bits per heavy atom. The molecule has 0 bridgehead atoms. The quantitative estimate of drug-likeness (QED) is 0.294. The van der Waals surface area contributed by atoms with E-state index in [9.17, 15) is 0 Å². The van der Waals surface area contributed by atoms with Crippen molar-refractivity contribution < 1.29 is 0 Å². The van der Waals surface area contributed by atoms with Gasteiger partial charge in [0.2, 0.25) is 0 Å². The molecular formula is C27H23N3S. The van der Waals surface area contributed by atoms with Crippen molar-refractivity contribution >= 4 is 33.1 Å². The summed E-state index contributed by atoms with van der Waals surface area (Å²) in [5.74, 6) is 0.960. The molecule has 0 spiro atoms. The number of fused-ring (bicyclic) bond motifs is 1.